The van der Waals surface area contributed by atoms with Gasteiger partial charge in [-0.2, -0.15) is 9.97 Å². The average molecular weight is 532 g/mol. The number of benzene rings is 1. The molecule has 0 amide bonds. The van der Waals surface area contributed by atoms with Crippen LogP contribution in [0.15, 0.2) is 23.0 Å². The minimum atomic E-state index is -0.272. The van der Waals surface area contributed by atoms with Crippen LogP contribution in [0.5, 0.6) is 17.5 Å². The summed E-state index contributed by atoms with van der Waals surface area (Å²) >= 11 is 0. The number of anilines is 1. The quantitative estimate of drug-likeness (QED) is 0.179. The Balaban J connectivity index is 1.70. The van der Waals surface area contributed by atoms with E-state index in [9.17, 15) is 4.79 Å². The topological polar surface area (TPSA) is 153 Å². The molecule has 3 rings (SSSR count). The van der Waals surface area contributed by atoms with E-state index in [0.717, 1.165) is 50.9 Å². The van der Waals surface area contributed by atoms with Crippen molar-refractivity contribution in [2.75, 3.05) is 59.3 Å². The van der Waals surface area contributed by atoms with Gasteiger partial charge >= 0.3 is 11.7 Å². The number of hydrogen-bond acceptors (Lipinski definition) is 10. The standard InChI is InChI=1S/C26H41N7O5/c1-4-5-16-38-25-30-23(27)22-24(31-25)33(26(35)29-22)14-7-13-32(12-6-10-28-11-15-34)18-19-8-9-20(36-2)21(17-19)37-3/h8-9,17,28,34H,4-7,10-16,18H2,1-3H3,(H,29,35)(H2,27,30,31). The van der Waals surface area contributed by atoms with Gasteiger partial charge in [0.2, 0.25) is 0 Å². The Bertz CT molecular complexity index is 1200. The van der Waals surface area contributed by atoms with E-state index >= 15 is 0 Å². The van der Waals surface area contributed by atoms with Crippen molar-refractivity contribution < 1.29 is 19.3 Å². The highest BCUT2D eigenvalue weighted by Crippen LogP contribution is 2.28. The molecule has 0 radical (unpaired) electrons. The highest BCUT2D eigenvalue weighted by Gasteiger charge is 2.16. The number of methoxy groups -OCH3 is 2. The molecule has 3 aromatic rings. The molecule has 0 unspecified atom stereocenters. The molecule has 210 valence electrons. The van der Waals surface area contributed by atoms with Crippen LogP contribution in [0.2, 0.25) is 0 Å². The number of H-pyrrole nitrogens is 1. The number of nitrogen functional groups attached to an aromatic ring is 1. The third kappa shape index (κ3) is 8.07. The number of nitrogens with one attached hydrogen (secondary N) is 2. The van der Waals surface area contributed by atoms with E-state index in [0.29, 0.717) is 48.9 Å². The van der Waals surface area contributed by atoms with E-state index in [1.165, 1.54) is 0 Å². The van der Waals surface area contributed by atoms with Gasteiger partial charge < -0.3 is 35.4 Å². The molecular formula is C26H41N7O5. The largest absolute Gasteiger partial charge is 0.493 e. The SMILES string of the molecule is CCCCOc1nc(N)c2[nH]c(=O)n(CCCN(CCCNCCO)Cc3ccc(OC)c(OC)c3)c2n1. The molecule has 5 N–H and O–H groups in total. The Kier molecular flexibility index (Phi) is 11.7. The van der Waals surface area contributed by atoms with Gasteiger partial charge in [-0.3, -0.25) is 9.47 Å². The number of rotatable bonds is 18. The summed E-state index contributed by atoms with van der Waals surface area (Å²) in [6, 6.07) is 6.11. The lowest BCUT2D eigenvalue weighted by molar-refractivity contribution is 0.249. The van der Waals surface area contributed by atoms with Crippen molar-refractivity contribution in [1.29, 1.82) is 0 Å². The molecule has 2 heterocycles. The summed E-state index contributed by atoms with van der Waals surface area (Å²) < 4.78 is 18.1. The smallest absolute Gasteiger partial charge is 0.327 e. The first kappa shape index (κ1) is 29.2. The molecule has 0 saturated carbocycles. The van der Waals surface area contributed by atoms with Crippen LogP contribution in [0.25, 0.3) is 11.2 Å². The normalized spacial score (nSPS) is 11.4. The van der Waals surface area contributed by atoms with Crippen molar-refractivity contribution in [3.8, 4) is 17.5 Å². The van der Waals surface area contributed by atoms with Gasteiger partial charge in [0.15, 0.2) is 23.0 Å². The van der Waals surface area contributed by atoms with Gasteiger partial charge in [0.25, 0.3) is 0 Å². The average Bonchev–Trinajstić information content (AvgIpc) is 3.24. The van der Waals surface area contributed by atoms with E-state index in [-0.39, 0.29) is 24.1 Å². The van der Waals surface area contributed by atoms with Crippen LogP contribution >= 0.6 is 0 Å². The zero-order chi connectivity index (χ0) is 27.3. The number of aliphatic hydroxyl groups is 1. The number of imidazole rings is 1. The molecule has 12 heteroatoms. The number of hydrogen-bond donors (Lipinski definition) is 4. The fourth-order valence-corrected chi connectivity index (χ4v) is 4.20. The third-order valence-electron chi connectivity index (χ3n) is 6.19. The molecule has 2 aromatic heterocycles. The number of ether oxygens (including phenoxy) is 3. The van der Waals surface area contributed by atoms with E-state index in [4.69, 9.17) is 25.1 Å². The number of unbranched alkanes of at least 4 members (excludes halogenated alkanes) is 1. The molecule has 0 spiro atoms. The maximum absolute atomic E-state index is 12.7. The van der Waals surface area contributed by atoms with Crippen molar-refractivity contribution >= 4 is 17.0 Å². The maximum Gasteiger partial charge on any atom is 0.327 e. The first-order chi connectivity index (χ1) is 18.5. The summed E-state index contributed by atoms with van der Waals surface area (Å²) in [7, 11) is 3.25. The fraction of sp³-hybridized carbons (Fsp3) is 0.577. The predicted molar refractivity (Wildman–Crippen MR) is 147 cm³/mol. The highest BCUT2D eigenvalue weighted by atomic mass is 16.5. The van der Waals surface area contributed by atoms with Gasteiger partial charge in [-0.15, -0.1) is 0 Å². The Morgan fingerprint density at radius 2 is 1.89 bits per heavy atom. The van der Waals surface area contributed by atoms with Crippen LogP contribution in [0.1, 0.15) is 38.2 Å². The number of fused-ring (bicyclic) bond motifs is 1. The van der Waals surface area contributed by atoms with Gasteiger partial charge in [-0.25, -0.2) is 4.79 Å². The van der Waals surface area contributed by atoms with Crippen LogP contribution in [-0.4, -0.2) is 83.1 Å². The number of aryl methyl sites for hydroxylation is 1. The summed E-state index contributed by atoms with van der Waals surface area (Å²) in [6.07, 6.45) is 3.51. The summed E-state index contributed by atoms with van der Waals surface area (Å²) in [5.74, 6) is 1.57. The molecule has 0 aliphatic rings. The molecule has 0 bridgehead atoms. The van der Waals surface area contributed by atoms with Crippen molar-refractivity contribution in [1.82, 2.24) is 29.7 Å². The maximum atomic E-state index is 12.7. The second kappa shape index (κ2) is 15.2. The Labute approximate surface area is 223 Å². The number of aromatic nitrogens is 4. The Hall–Kier alpha value is -3.35. The summed E-state index contributed by atoms with van der Waals surface area (Å²) in [6.45, 7) is 6.86. The summed E-state index contributed by atoms with van der Waals surface area (Å²) in [5, 5.41) is 12.2. The molecule has 0 saturated heterocycles. The van der Waals surface area contributed by atoms with Crippen molar-refractivity contribution in [3.05, 3.63) is 34.2 Å². The summed E-state index contributed by atoms with van der Waals surface area (Å²) in [4.78, 5) is 26.5. The van der Waals surface area contributed by atoms with Crippen LogP contribution < -0.4 is 31.0 Å². The van der Waals surface area contributed by atoms with Crippen molar-refractivity contribution in [3.63, 3.8) is 0 Å². The third-order valence-corrected chi connectivity index (χ3v) is 6.19. The van der Waals surface area contributed by atoms with Crippen LogP contribution in [0.4, 0.5) is 5.82 Å². The van der Waals surface area contributed by atoms with Gasteiger partial charge in [-0.1, -0.05) is 19.4 Å². The number of aromatic amines is 1. The molecule has 0 atom stereocenters. The molecule has 0 aliphatic heterocycles. The van der Waals surface area contributed by atoms with Crippen molar-refractivity contribution in [2.45, 2.75) is 45.7 Å². The van der Waals surface area contributed by atoms with E-state index in [1.54, 1.807) is 18.8 Å². The van der Waals surface area contributed by atoms with Crippen LogP contribution in [0.3, 0.4) is 0 Å². The van der Waals surface area contributed by atoms with E-state index in [1.807, 2.05) is 18.2 Å². The zero-order valence-corrected chi connectivity index (χ0v) is 22.7. The van der Waals surface area contributed by atoms with E-state index in [2.05, 4.69) is 32.1 Å². The molecule has 1 aromatic carbocycles. The van der Waals surface area contributed by atoms with Crippen molar-refractivity contribution in [2.24, 2.45) is 0 Å². The Morgan fingerprint density at radius 3 is 2.63 bits per heavy atom. The second-order valence-electron chi connectivity index (χ2n) is 9.02. The second-order valence-corrected chi connectivity index (χ2v) is 9.02. The fourth-order valence-electron chi connectivity index (χ4n) is 4.20. The molecule has 0 aliphatic carbocycles. The van der Waals surface area contributed by atoms with Gasteiger partial charge in [-0.05, 0) is 50.0 Å². The first-order valence-electron chi connectivity index (χ1n) is 13.1. The predicted octanol–water partition coefficient (Wildman–Crippen LogP) is 1.76. The van der Waals surface area contributed by atoms with E-state index < -0.39 is 0 Å². The van der Waals surface area contributed by atoms with Gasteiger partial charge in [0.05, 0.1) is 27.4 Å². The minimum Gasteiger partial charge on any atom is -0.493 e. The lowest BCUT2D eigenvalue weighted by Crippen LogP contribution is -2.30. The number of nitrogens with two attached hydrogens (primary N) is 1. The monoisotopic (exact) mass is 531 g/mol. The Morgan fingerprint density at radius 1 is 1.11 bits per heavy atom. The first-order valence-corrected chi connectivity index (χ1v) is 13.1. The van der Waals surface area contributed by atoms with Crippen LogP contribution in [-0.2, 0) is 13.1 Å². The number of aliphatic hydroxyl groups excluding tert-OH is 1. The van der Waals surface area contributed by atoms with Gasteiger partial charge in [0, 0.05) is 26.2 Å². The lowest BCUT2D eigenvalue weighted by Gasteiger charge is -2.23. The minimum absolute atomic E-state index is 0.119. The molecule has 12 nitrogen and oxygen atoms in total. The molecule has 0 fully saturated rings. The van der Waals surface area contributed by atoms with Crippen LogP contribution in [0, 0.1) is 0 Å². The zero-order valence-electron chi connectivity index (χ0n) is 22.7. The highest BCUT2D eigenvalue weighted by molar-refractivity contribution is 5.81. The number of nitrogens with zero attached hydrogens (tertiary/aromatic N) is 4. The lowest BCUT2D eigenvalue weighted by atomic mass is 10.1. The molecular weight excluding hydrogens is 490 g/mol. The van der Waals surface area contributed by atoms with Gasteiger partial charge in [0.1, 0.15) is 5.52 Å². The summed E-state index contributed by atoms with van der Waals surface area (Å²) in [5.41, 5.74) is 7.78. The molecule has 38 heavy (non-hydrogen) atoms.